The molecule has 9 heteroatoms. The monoisotopic (exact) mass is 622 g/mol. The highest BCUT2D eigenvalue weighted by molar-refractivity contribution is 7.98. The van der Waals surface area contributed by atoms with E-state index in [1.165, 1.54) is 18.2 Å². The van der Waals surface area contributed by atoms with Crippen molar-refractivity contribution in [1.29, 1.82) is 0 Å². The highest BCUT2D eigenvalue weighted by atomic mass is 32.2. The Morgan fingerprint density at radius 1 is 0.867 bits per heavy atom. The van der Waals surface area contributed by atoms with Crippen molar-refractivity contribution in [3.8, 4) is 11.3 Å². The number of aliphatic carboxylic acids is 1. The Bertz CT molecular complexity index is 1670. The molecule has 1 aliphatic rings. The van der Waals surface area contributed by atoms with Gasteiger partial charge in [0, 0.05) is 59.7 Å². The average Bonchev–Trinajstić information content (AvgIpc) is 3.06. The van der Waals surface area contributed by atoms with E-state index in [2.05, 4.69) is 20.5 Å². The van der Waals surface area contributed by atoms with E-state index < -0.39 is 5.97 Å². The molecule has 0 bridgehead atoms. The lowest BCUT2D eigenvalue weighted by molar-refractivity contribution is -0.136. The number of carbonyl (C=O) groups is 3. The molecule has 0 saturated carbocycles. The Morgan fingerprint density at radius 3 is 2.44 bits per heavy atom. The number of aromatic nitrogens is 1. The molecule has 3 aromatic carbocycles. The van der Waals surface area contributed by atoms with Gasteiger partial charge in [-0.25, -0.2) is 0 Å². The maximum Gasteiger partial charge on any atom is 0.304 e. The molecule has 4 aromatic rings. The van der Waals surface area contributed by atoms with Crippen LogP contribution in [0.5, 0.6) is 0 Å². The van der Waals surface area contributed by atoms with Crippen molar-refractivity contribution in [3.05, 3.63) is 113 Å². The van der Waals surface area contributed by atoms with Gasteiger partial charge in [-0.3, -0.25) is 19.4 Å². The van der Waals surface area contributed by atoms with Crippen molar-refractivity contribution in [2.75, 3.05) is 29.1 Å². The SMILES string of the molecule is Cc1cccc(CNC(=O)c2ccnc(-c3cc(N4CCCCC4)ccc3NC(=O)c3cccc(CSCCC(=O)O)c3)c2)c1. The molecule has 5 rings (SSSR count). The molecule has 232 valence electrons. The van der Waals surface area contributed by atoms with E-state index >= 15 is 0 Å². The van der Waals surface area contributed by atoms with Crippen LogP contribution in [0.2, 0.25) is 0 Å². The first-order valence-corrected chi connectivity index (χ1v) is 16.4. The van der Waals surface area contributed by atoms with Gasteiger partial charge in [0.1, 0.15) is 0 Å². The minimum absolute atomic E-state index is 0.102. The summed E-state index contributed by atoms with van der Waals surface area (Å²) in [6, 6.07) is 24.9. The van der Waals surface area contributed by atoms with Gasteiger partial charge in [0.05, 0.1) is 17.8 Å². The summed E-state index contributed by atoms with van der Waals surface area (Å²) in [5.41, 5.74) is 7.10. The van der Waals surface area contributed by atoms with Crippen molar-refractivity contribution in [2.24, 2.45) is 0 Å². The van der Waals surface area contributed by atoms with Gasteiger partial charge in [-0.1, -0.05) is 42.0 Å². The summed E-state index contributed by atoms with van der Waals surface area (Å²) in [5, 5.41) is 15.0. The number of carbonyl (C=O) groups excluding carboxylic acids is 2. The van der Waals surface area contributed by atoms with Crippen molar-refractivity contribution >= 4 is 40.9 Å². The van der Waals surface area contributed by atoms with Crippen LogP contribution in [0.4, 0.5) is 11.4 Å². The van der Waals surface area contributed by atoms with Gasteiger partial charge < -0.3 is 20.6 Å². The van der Waals surface area contributed by atoms with E-state index in [0.29, 0.717) is 40.6 Å². The first-order chi connectivity index (χ1) is 21.9. The summed E-state index contributed by atoms with van der Waals surface area (Å²) < 4.78 is 0. The largest absolute Gasteiger partial charge is 0.481 e. The molecule has 1 saturated heterocycles. The molecule has 3 N–H and O–H groups in total. The minimum atomic E-state index is -0.819. The smallest absolute Gasteiger partial charge is 0.304 e. The summed E-state index contributed by atoms with van der Waals surface area (Å²) in [4.78, 5) is 44.4. The quantitative estimate of drug-likeness (QED) is 0.147. The van der Waals surface area contributed by atoms with E-state index in [-0.39, 0.29) is 18.2 Å². The van der Waals surface area contributed by atoms with Crippen LogP contribution in [-0.2, 0) is 17.1 Å². The zero-order valence-corrected chi connectivity index (χ0v) is 26.2. The van der Waals surface area contributed by atoms with E-state index in [4.69, 9.17) is 5.11 Å². The number of aryl methyl sites for hydroxylation is 1. The maximum absolute atomic E-state index is 13.5. The first kappa shape index (κ1) is 31.8. The first-order valence-electron chi connectivity index (χ1n) is 15.2. The van der Waals surface area contributed by atoms with Crippen LogP contribution in [0.3, 0.4) is 0 Å². The number of nitrogens with one attached hydrogen (secondary N) is 2. The number of piperidine rings is 1. The topological polar surface area (TPSA) is 112 Å². The predicted octanol–water partition coefficient (Wildman–Crippen LogP) is 6.94. The third kappa shape index (κ3) is 8.95. The molecular formula is C36H38N4O4S. The van der Waals surface area contributed by atoms with Gasteiger partial charge in [-0.2, -0.15) is 11.8 Å². The van der Waals surface area contributed by atoms with Gasteiger partial charge in [0.15, 0.2) is 0 Å². The van der Waals surface area contributed by atoms with Gasteiger partial charge in [0.2, 0.25) is 0 Å². The fraction of sp³-hybridized carbons (Fsp3) is 0.278. The number of hydrogen-bond donors (Lipinski definition) is 3. The third-order valence-corrected chi connectivity index (χ3v) is 8.75. The summed E-state index contributed by atoms with van der Waals surface area (Å²) in [6.07, 6.45) is 5.21. The number of rotatable bonds is 12. The van der Waals surface area contributed by atoms with Gasteiger partial charge in [-0.15, -0.1) is 0 Å². The van der Waals surface area contributed by atoms with Crippen LogP contribution >= 0.6 is 11.8 Å². The molecule has 0 spiro atoms. The molecule has 2 amide bonds. The third-order valence-electron chi connectivity index (χ3n) is 7.72. The van der Waals surface area contributed by atoms with E-state index in [0.717, 1.165) is 53.9 Å². The lowest BCUT2D eigenvalue weighted by Gasteiger charge is -2.29. The maximum atomic E-state index is 13.5. The Kier molecular flexibility index (Phi) is 10.9. The standard InChI is InChI=1S/C36H38N4O4S/c1-25-7-5-8-26(19-25)23-38-35(43)29-13-15-37-33(21-29)31-22-30(40-16-3-2-4-17-40)11-12-32(31)39-36(44)28-10-6-9-27(20-28)24-45-18-14-34(41)42/h5-13,15,19-22H,2-4,14,16-18,23-24H2,1H3,(H,38,43)(H,39,44)(H,41,42). The van der Waals surface area contributed by atoms with Gasteiger partial charge in [-0.05, 0) is 79.8 Å². The van der Waals surface area contributed by atoms with Crippen LogP contribution in [0.15, 0.2) is 85.1 Å². The van der Waals surface area contributed by atoms with Gasteiger partial charge >= 0.3 is 5.97 Å². The number of thioether (sulfide) groups is 1. The molecule has 0 unspecified atom stereocenters. The molecule has 1 aliphatic heterocycles. The van der Waals surface area contributed by atoms with E-state index in [1.807, 2.05) is 67.6 Å². The van der Waals surface area contributed by atoms with E-state index in [1.54, 1.807) is 24.4 Å². The van der Waals surface area contributed by atoms with Gasteiger partial charge in [0.25, 0.3) is 11.8 Å². The summed E-state index contributed by atoms with van der Waals surface area (Å²) in [7, 11) is 0. The highest BCUT2D eigenvalue weighted by Crippen LogP contribution is 2.33. The minimum Gasteiger partial charge on any atom is -0.481 e. The fourth-order valence-corrected chi connectivity index (χ4v) is 6.25. The Balaban J connectivity index is 1.38. The predicted molar refractivity (Wildman–Crippen MR) is 181 cm³/mol. The number of hydrogen-bond acceptors (Lipinski definition) is 6. The second-order valence-corrected chi connectivity index (χ2v) is 12.3. The van der Waals surface area contributed by atoms with Crippen LogP contribution in [0, 0.1) is 6.92 Å². The number of carboxylic acids is 1. The number of pyridine rings is 1. The number of amides is 2. The van der Waals surface area contributed by atoms with Crippen LogP contribution in [0.1, 0.15) is 63.1 Å². The molecule has 45 heavy (non-hydrogen) atoms. The van der Waals surface area contributed by atoms with Crippen LogP contribution < -0.4 is 15.5 Å². The second kappa shape index (κ2) is 15.4. The molecule has 8 nitrogen and oxygen atoms in total. The van der Waals surface area contributed by atoms with Crippen molar-refractivity contribution in [3.63, 3.8) is 0 Å². The van der Waals surface area contributed by atoms with Crippen molar-refractivity contribution in [2.45, 2.75) is 44.9 Å². The number of benzene rings is 3. The summed E-state index contributed by atoms with van der Waals surface area (Å²) >= 11 is 1.52. The van der Waals surface area contributed by atoms with Crippen molar-refractivity contribution < 1.29 is 19.5 Å². The normalized spacial score (nSPS) is 12.9. The Hall–Kier alpha value is -4.63. The molecule has 0 aliphatic carbocycles. The Labute approximate surface area is 268 Å². The number of nitrogens with zero attached hydrogens (tertiary/aromatic N) is 2. The molecule has 2 heterocycles. The molecule has 0 radical (unpaired) electrons. The van der Waals surface area contributed by atoms with Crippen molar-refractivity contribution in [1.82, 2.24) is 10.3 Å². The molecule has 1 aromatic heterocycles. The average molecular weight is 623 g/mol. The summed E-state index contributed by atoms with van der Waals surface area (Å²) in [5.74, 6) is -0.149. The molecular weight excluding hydrogens is 584 g/mol. The number of anilines is 2. The second-order valence-electron chi connectivity index (χ2n) is 11.2. The van der Waals surface area contributed by atoms with Crippen LogP contribution in [0.25, 0.3) is 11.3 Å². The van der Waals surface area contributed by atoms with Crippen LogP contribution in [-0.4, -0.2) is 46.7 Å². The zero-order valence-electron chi connectivity index (χ0n) is 25.4. The highest BCUT2D eigenvalue weighted by Gasteiger charge is 2.18. The Morgan fingerprint density at radius 2 is 1.64 bits per heavy atom. The lowest BCUT2D eigenvalue weighted by atomic mass is 10.0. The molecule has 0 atom stereocenters. The fourth-order valence-electron chi connectivity index (χ4n) is 5.37. The summed E-state index contributed by atoms with van der Waals surface area (Å²) in [6.45, 7) is 4.38. The molecule has 1 fully saturated rings. The lowest BCUT2D eigenvalue weighted by Crippen LogP contribution is -2.29. The zero-order chi connectivity index (χ0) is 31.6. The van der Waals surface area contributed by atoms with E-state index in [9.17, 15) is 14.4 Å². The number of carboxylic acid groups (broad SMARTS) is 1.